The molecule has 9 nitrogen and oxygen atoms in total. The number of carboxylic acid groups (broad SMARTS) is 1. The number of hydrogen-bond acceptors (Lipinski definition) is 6. The van der Waals surface area contributed by atoms with Crippen LogP contribution in [0.1, 0.15) is 5.56 Å². The molecule has 9 heteroatoms. The van der Waals surface area contributed by atoms with Crippen molar-refractivity contribution in [2.24, 2.45) is 0 Å². The zero-order valence-electron chi connectivity index (χ0n) is 10.3. The van der Waals surface area contributed by atoms with Crippen molar-refractivity contribution in [3.05, 3.63) is 39.9 Å². The minimum atomic E-state index is -1.18. The van der Waals surface area contributed by atoms with E-state index in [1.54, 1.807) is 12.1 Å². The van der Waals surface area contributed by atoms with Crippen LogP contribution in [-0.2, 0) is 16.1 Å². The third-order valence-electron chi connectivity index (χ3n) is 2.11. The largest absolute Gasteiger partial charge is 0.480 e. The van der Waals surface area contributed by atoms with Crippen molar-refractivity contribution < 1.29 is 29.4 Å². The summed E-state index contributed by atoms with van der Waals surface area (Å²) in [6, 6.07) is 6.20. The highest BCUT2D eigenvalue weighted by molar-refractivity contribution is 5.77. The Hall–Kier alpha value is -2.84. The Balaban J connectivity index is 2.40. The summed E-state index contributed by atoms with van der Waals surface area (Å²) in [4.78, 5) is 35.5. The Bertz CT molecular complexity index is 486. The van der Waals surface area contributed by atoms with Gasteiger partial charge in [-0.05, 0) is 24.1 Å². The van der Waals surface area contributed by atoms with Crippen molar-refractivity contribution in [2.45, 2.75) is 6.42 Å². The van der Waals surface area contributed by atoms with Crippen molar-refractivity contribution in [3.63, 3.8) is 0 Å². The molecule has 108 valence electrons. The van der Waals surface area contributed by atoms with Gasteiger partial charge >= 0.3 is 12.1 Å². The molecule has 0 heterocycles. The second-order valence-electron chi connectivity index (χ2n) is 3.59. The van der Waals surface area contributed by atoms with Crippen LogP contribution in [0.25, 0.3) is 0 Å². The normalized spacial score (nSPS) is 9.60. The molecule has 0 aromatic heterocycles. The fourth-order valence-corrected chi connectivity index (χ4v) is 1.25. The summed E-state index contributed by atoms with van der Waals surface area (Å²) in [6.07, 6.45) is -0.538. The molecular weight excluding hydrogens is 272 g/mol. The zero-order chi connectivity index (χ0) is 15.0. The number of hydrogen-bond donors (Lipinski definition) is 2. The molecule has 1 rings (SSSR count). The third-order valence-corrected chi connectivity index (χ3v) is 2.11. The van der Waals surface area contributed by atoms with Gasteiger partial charge in [-0.15, -0.1) is 10.1 Å². The number of nitrogens with zero attached hydrogens (tertiary/aromatic N) is 1. The van der Waals surface area contributed by atoms with Crippen molar-refractivity contribution in [1.29, 1.82) is 0 Å². The zero-order valence-corrected chi connectivity index (χ0v) is 10.3. The molecule has 0 saturated heterocycles. The lowest BCUT2D eigenvalue weighted by Crippen LogP contribution is -2.31. The molecule has 0 saturated carbocycles. The van der Waals surface area contributed by atoms with Gasteiger partial charge in [-0.2, -0.15) is 0 Å². The predicted octanol–water partition coefficient (Wildman–Crippen LogP) is 0.610. The van der Waals surface area contributed by atoms with Gasteiger partial charge in [0.1, 0.15) is 18.9 Å². The number of carbonyl (C=O) groups is 2. The first-order valence-corrected chi connectivity index (χ1v) is 5.51. The molecule has 0 unspecified atom stereocenters. The van der Waals surface area contributed by atoms with E-state index < -0.39 is 23.7 Å². The lowest BCUT2D eigenvalue weighted by Gasteiger charge is -2.06. The van der Waals surface area contributed by atoms with E-state index in [1.807, 2.05) is 5.32 Å². The van der Waals surface area contributed by atoms with Crippen LogP contribution in [0.2, 0.25) is 0 Å². The summed E-state index contributed by atoms with van der Waals surface area (Å²) in [7, 11) is 0. The number of amides is 1. The molecule has 0 aliphatic carbocycles. The fraction of sp³-hybridized carbons (Fsp3) is 0.273. The molecule has 0 bridgehead atoms. The molecule has 2 N–H and O–H groups in total. The van der Waals surface area contributed by atoms with Gasteiger partial charge in [-0.25, -0.2) is 4.79 Å². The standard InChI is InChI=1S/C11H12N2O7/c14-10(15)7-12-11(16)20-9-3-1-8(2-4-9)5-6-19-13(17)18/h1-4H,5-7H2,(H,12,16)(H,14,15). The Morgan fingerprint density at radius 2 is 1.95 bits per heavy atom. The average Bonchev–Trinajstić information content (AvgIpc) is 2.38. The summed E-state index contributed by atoms with van der Waals surface area (Å²) < 4.78 is 4.81. The lowest BCUT2D eigenvalue weighted by molar-refractivity contribution is -0.757. The van der Waals surface area contributed by atoms with Gasteiger partial charge in [-0.1, -0.05) is 12.1 Å². The van der Waals surface area contributed by atoms with Crippen LogP contribution in [0, 0.1) is 10.1 Å². The van der Waals surface area contributed by atoms with Gasteiger partial charge in [0.05, 0.1) is 0 Å². The monoisotopic (exact) mass is 284 g/mol. The second kappa shape index (κ2) is 7.56. The smallest absolute Gasteiger partial charge is 0.413 e. The van der Waals surface area contributed by atoms with Crippen molar-refractivity contribution in [1.82, 2.24) is 5.32 Å². The summed E-state index contributed by atoms with van der Waals surface area (Å²) in [5.41, 5.74) is 0.769. The van der Waals surface area contributed by atoms with Crippen LogP contribution in [0.4, 0.5) is 4.79 Å². The Kier molecular flexibility index (Phi) is 5.75. The highest BCUT2D eigenvalue weighted by Gasteiger charge is 2.06. The molecule has 1 amide bonds. The summed E-state index contributed by atoms with van der Waals surface area (Å²) >= 11 is 0. The maximum absolute atomic E-state index is 11.2. The van der Waals surface area contributed by atoms with Crippen LogP contribution in [0.15, 0.2) is 24.3 Å². The number of carboxylic acids is 1. The topological polar surface area (TPSA) is 128 Å². The molecule has 0 aliphatic heterocycles. The van der Waals surface area contributed by atoms with Gasteiger partial charge in [-0.3, -0.25) is 4.79 Å². The van der Waals surface area contributed by atoms with Crippen molar-refractivity contribution >= 4 is 12.1 Å². The number of nitrogens with one attached hydrogen (secondary N) is 1. The minimum Gasteiger partial charge on any atom is -0.480 e. The summed E-state index contributed by atoms with van der Waals surface area (Å²) in [5, 5.41) is 19.5. The van der Waals surface area contributed by atoms with Gasteiger partial charge < -0.3 is 20.0 Å². The average molecular weight is 284 g/mol. The molecule has 0 aliphatic rings. The number of ether oxygens (including phenoxy) is 1. The predicted molar refractivity (Wildman–Crippen MR) is 64.8 cm³/mol. The van der Waals surface area contributed by atoms with Crippen molar-refractivity contribution in [3.8, 4) is 5.75 Å². The maximum Gasteiger partial charge on any atom is 0.413 e. The van der Waals surface area contributed by atoms with E-state index in [0.717, 1.165) is 5.56 Å². The quantitative estimate of drug-likeness (QED) is 0.554. The van der Waals surface area contributed by atoms with Gasteiger partial charge in [0.25, 0.3) is 5.09 Å². The summed E-state index contributed by atoms with van der Waals surface area (Å²) in [6.45, 7) is -0.596. The summed E-state index contributed by atoms with van der Waals surface area (Å²) in [5.74, 6) is -0.949. The number of carbonyl (C=O) groups excluding carboxylic acids is 1. The molecular formula is C11H12N2O7. The number of benzene rings is 1. The minimum absolute atomic E-state index is 0.0632. The Morgan fingerprint density at radius 3 is 2.50 bits per heavy atom. The van der Waals surface area contributed by atoms with E-state index in [9.17, 15) is 19.7 Å². The maximum atomic E-state index is 11.2. The van der Waals surface area contributed by atoms with Crippen LogP contribution >= 0.6 is 0 Å². The number of rotatable bonds is 7. The molecule has 0 radical (unpaired) electrons. The van der Waals surface area contributed by atoms with Crippen molar-refractivity contribution in [2.75, 3.05) is 13.2 Å². The van der Waals surface area contributed by atoms with Crippen LogP contribution in [0.3, 0.4) is 0 Å². The van der Waals surface area contributed by atoms with Gasteiger partial charge in [0.15, 0.2) is 0 Å². The first-order valence-electron chi connectivity index (χ1n) is 5.51. The van der Waals surface area contributed by atoms with E-state index in [1.165, 1.54) is 12.1 Å². The van der Waals surface area contributed by atoms with Crippen LogP contribution in [0.5, 0.6) is 5.75 Å². The van der Waals surface area contributed by atoms with E-state index in [4.69, 9.17) is 9.84 Å². The Morgan fingerprint density at radius 1 is 1.30 bits per heavy atom. The highest BCUT2D eigenvalue weighted by atomic mass is 16.9. The Labute approximate surface area is 113 Å². The third kappa shape index (κ3) is 6.19. The first kappa shape index (κ1) is 15.2. The highest BCUT2D eigenvalue weighted by Crippen LogP contribution is 2.12. The number of aliphatic carboxylic acids is 1. The molecule has 0 atom stereocenters. The van der Waals surface area contributed by atoms with E-state index in [2.05, 4.69) is 4.84 Å². The van der Waals surface area contributed by atoms with Gasteiger partial charge in [0.2, 0.25) is 0 Å². The molecule has 20 heavy (non-hydrogen) atoms. The second-order valence-corrected chi connectivity index (χ2v) is 3.59. The van der Waals surface area contributed by atoms with E-state index in [0.29, 0.717) is 6.42 Å². The molecule has 0 fully saturated rings. The molecule has 1 aromatic carbocycles. The molecule has 0 spiro atoms. The van der Waals surface area contributed by atoms with E-state index in [-0.39, 0.29) is 12.4 Å². The molecule has 1 aromatic rings. The lowest BCUT2D eigenvalue weighted by atomic mass is 10.1. The fourth-order valence-electron chi connectivity index (χ4n) is 1.25. The van der Waals surface area contributed by atoms with Crippen LogP contribution in [-0.4, -0.2) is 35.4 Å². The SMILES string of the molecule is O=C(O)CNC(=O)Oc1ccc(CCO[N+](=O)[O-])cc1. The first-order chi connectivity index (χ1) is 9.47. The van der Waals surface area contributed by atoms with E-state index >= 15 is 0 Å². The van der Waals surface area contributed by atoms with Crippen LogP contribution < -0.4 is 10.1 Å². The van der Waals surface area contributed by atoms with Gasteiger partial charge in [0, 0.05) is 0 Å².